The van der Waals surface area contributed by atoms with Gasteiger partial charge in [-0.05, 0) is 56.0 Å². The van der Waals surface area contributed by atoms with Crippen LogP contribution in [0.4, 0.5) is 0 Å². The molecule has 2 heterocycles. The Morgan fingerprint density at radius 3 is 2.68 bits per heavy atom. The highest BCUT2D eigenvalue weighted by Gasteiger charge is 2.39. The van der Waals surface area contributed by atoms with Crippen LogP contribution >= 0.6 is 0 Å². The van der Waals surface area contributed by atoms with E-state index in [2.05, 4.69) is 11.1 Å². The summed E-state index contributed by atoms with van der Waals surface area (Å²) in [6.07, 6.45) is 3.97. The van der Waals surface area contributed by atoms with E-state index in [1.54, 1.807) is 20.4 Å². The van der Waals surface area contributed by atoms with Gasteiger partial charge in [0.05, 0.1) is 38.1 Å². The molecule has 3 atom stereocenters. The summed E-state index contributed by atoms with van der Waals surface area (Å²) < 4.78 is 22.6. The molecular formula is C24H28N2O5. The van der Waals surface area contributed by atoms with Gasteiger partial charge in [0, 0.05) is 24.6 Å². The number of pyridine rings is 1. The van der Waals surface area contributed by atoms with Crippen molar-refractivity contribution < 1.29 is 23.7 Å². The number of carbonyl (C=O) groups excluding carboxylic acids is 1. The zero-order chi connectivity index (χ0) is 22.0. The monoisotopic (exact) mass is 424 g/mol. The van der Waals surface area contributed by atoms with Gasteiger partial charge in [0.15, 0.2) is 11.5 Å². The summed E-state index contributed by atoms with van der Waals surface area (Å²) >= 11 is 0. The molecule has 4 rings (SSSR count). The number of rotatable bonds is 6. The largest absolute Gasteiger partial charge is 0.493 e. The van der Waals surface area contributed by atoms with Crippen LogP contribution in [0.15, 0.2) is 35.5 Å². The Balaban J connectivity index is 1.85. The van der Waals surface area contributed by atoms with Crippen molar-refractivity contribution >= 4 is 11.7 Å². The fraction of sp³-hybridized carbons (Fsp3) is 0.458. The lowest BCUT2D eigenvalue weighted by Crippen LogP contribution is -2.36. The van der Waals surface area contributed by atoms with E-state index >= 15 is 0 Å². The topological polar surface area (TPSA) is 79.2 Å². The van der Waals surface area contributed by atoms with Crippen LogP contribution in [0, 0.1) is 0 Å². The average Bonchev–Trinajstić information content (AvgIpc) is 2.78. The number of esters is 1. The molecule has 7 heteroatoms. The van der Waals surface area contributed by atoms with Crippen LogP contribution in [-0.4, -0.2) is 49.6 Å². The number of ether oxygens (including phenoxy) is 4. The van der Waals surface area contributed by atoms with Gasteiger partial charge in [0.25, 0.3) is 0 Å². The molecule has 1 aliphatic heterocycles. The van der Waals surface area contributed by atoms with E-state index in [1.165, 1.54) is 6.92 Å². The highest BCUT2D eigenvalue weighted by atomic mass is 16.5. The first-order valence-corrected chi connectivity index (χ1v) is 10.6. The number of hydrogen-bond donors (Lipinski definition) is 0. The Hall–Kier alpha value is -3.09. The van der Waals surface area contributed by atoms with Gasteiger partial charge in [-0.3, -0.25) is 9.79 Å². The van der Waals surface area contributed by atoms with E-state index in [0.29, 0.717) is 24.0 Å². The van der Waals surface area contributed by atoms with Crippen LogP contribution in [0.5, 0.6) is 17.4 Å². The maximum atomic E-state index is 11.5. The Bertz CT molecular complexity index is 1000. The van der Waals surface area contributed by atoms with Gasteiger partial charge < -0.3 is 18.9 Å². The van der Waals surface area contributed by atoms with E-state index in [1.807, 2.05) is 25.1 Å². The maximum Gasteiger partial charge on any atom is 0.302 e. The first kappa shape index (κ1) is 21.2. The van der Waals surface area contributed by atoms with Gasteiger partial charge in [0.1, 0.15) is 6.10 Å². The molecule has 7 nitrogen and oxygen atoms in total. The quantitative estimate of drug-likeness (QED) is 0.654. The molecular weight excluding hydrogens is 396 g/mol. The van der Waals surface area contributed by atoms with Gasteiger partial charge in [-0.2, -0.15) is 0 Å². The van der Waals surface area contributed by atoms with E-state index < -0.39 is 0 Å². The minimum absolute atomic E-state index is 0.0853. The Kier molecular flexibility index (Phi) is 6.11. The van der Waals surface area contributed by atoms with Crippen molar-refractivity contribution in [3.8, 4) is 17.4 Å². The Labute approximate surface area is 182 Å². The Morgan fingerprint density at radius 1 is 1.13 bits per heavy atom. The second kappa shape index (κ2) is 8.96. The molecule has 0 spiro atoms. The van der Waals surface area contributed by atoms with Crippen LogP contribution in [0.2, 0.25) is 0 Å². The molecule has 0 N–H and O–H groups in total. The normalized spacial score (nSPS) is 21.9. The molecule has 0 radical (unpaired) electrons. The second-order valence-corrected chi connectivity index (χ2v) is 7.78. The van der Waals surface area contributed by atoms with Crippen molar-refractivity contribution in [2.24, 2.45) is 4.99 Å². The molecule has 1 fully saturated rings. The number of methoxy groups -OCH3 is 2. The molecule has 0 amide bonds. The fourth-order valence-electron chi connectivity index (χ4n) is 4.65. The highest BCUT2D eigenvalue weighted by molar-refractivity contribution is 6.16. The number of nitrogens with zero attached hydrogens (tertiary/aromatic N) is 2. The van der Waals surface area contributed by atoms with E-state index in [9.17, 15) is 4.79 Å². The van der Waals surface area contributed by atoms with E-state index in [4.69, 9.17) is 23.9 Å². The standard InChI is InChI=1S/C24H28N2O5/c1-5-30-22-12-17-18-11-15(31-14(2)27)8-9-20(18)26-23(19(17)13-21(22)28-3)16-7-6-10-25-24(16)29-4/h6-7,10,12-13,15,18,20H,5,8-9,11H2,1-4H3/t15-,18-,20-/m1/s1. The van der Waals surface area contributed by atoms with Crippen molar-refractivity contribution in [1.82, 2.24) is 4.98 Å². The molecule has 0 saturated heterocycles. The molecule has 1 aromatic heterocycles. The van der Waals surface area contributed by atoms with Gasteiger partial charge in [-0.15, -0.1) is 0 Å². The van der Waals surface area contributed by atoms with E-state index in [-0.39, 0.29) is 24.0 Å². The molecule has 1 aliphatic carbocycles. The van der Waals surface area contributed by atoms with Crippen molar-refractivity contribution in [3.05, 3.63) is 47.2 Å². The predicted molar refractivity (Wildman–Crippen MR) is 117 cm³/mol. The molecule has 0 unspecified atom stereocenters. The van der Waals surface area contributed by atoms with Crippen molar-refractivity contribution in [2.45, 2.75) is 51.2 Å². The van der Waals surface area contributed by atoms with Crippen molar-refractivity contribution in [2.75, 3.05) is 20.8 Å². The molecule has 0 bridgehead atoms. The number of aromatic nitrogens is 1. The van der Waals surface area contributed by atoms with Crippen LogP contribution in [-0.2, 0) is 9.53 Å². The van der Waals surface area contributed by atoms with Gasteiger partial charge in [-0.25, -0.2) is 4.98 Å². The van der Waals surface area contributed by atoms with Gasteiger partial charge in [-0.1, -0.05) is 0 Å². The van der Waals surface area contributed by atoms with Crippen LogP contribution < -0.4 is 14.2 Å². The summed E-state index contributed by atoms with van der Waals surface area (Å²) in [6, 6.07) is 7.99. The first-order chi connectivity index (χ1) is 15.0. The summed E-state index contributed by atoms with van der Waals surface area (Å²) in [5, 5.41) is 0. The number of fused-ring (bicyclic) bond motifs is 3. The summed E-state index contributed by atoms with van der Waals surface area (Å²) in [5.41, 5.74) is 3.78. The molecule has 1 saturated carbocycles. The lowest BCUT2D eigenvalue weighted by atomic mass is 9.74. The smallest absolute Gasteiger partial charge is 0.302 e. The second-order valence-electron chi connectivity index (χ2n) is 7.78. The molecule has 2 aliphatic rings. The lowest BCUT2D eigenvalue weighted by molar-refractivity contribution is -0.148. The number of carbonyl (C=O) groups is 1. The van der Waals surface area contributed by atoms with Crippen LogP contribution in [0.1, 0.15) is 55.7 Å². The number of aliphatic imine (C=N–C) groups is 1. The Morgan fingerprint density at radius 2 is 1.97 bits per heavy atom. The minimum atomic E-state index is -0.242. The zero-order valence-electron chi connectivity index (χ0n) is 18.4. The summed E-state index contributed by atoms with van der Waals surface area (Å²) in [6.45, 7) is 3.95. The van der Waals surface area contributed by atoms with Gasteiger partial charge in [0.2, 0.25) is 5.88 Å². The molecule has 31 heavy (non-hydrogen) atoms. The minimum Gasteiger partial charge on any atom is -0.493 e. The van der Waals surface area contributed by atoms with Crippen LogP contribution in [0.3, 0.4) is 0 Å². The highest BCUT2D eigenvalue weighted by Crippen LogP contribution is 2.46. The third kappa shape index (κ3) is 4.09. The third-order valence-corrected chi connectivity index (χ3v) is 5.90. The van der Waals surface area contributed by atoms with E-state index in [0.717, 1.165) is 41.7 Å². The summed E-state index contributed by atoms with van der Waals surface area (Å²) in [7, 11) is 3.25. The number of hydrogen-bond acceptors (Lipinski definition) is 7. The van der Waals surface area contributed by atoms with Crippen LogP contribution in [0.25, 0.3) is 0 Å². The summed E-state index contributed by atoms with van der Waals surface area (Å²) in [5.74, 6) is 1.78. The van der Waals surface area contributed by atoms with Crippen molar-refractivity contribution in [1.29, 1.82) is 0 Å². The molecule has 164 valence electrons. The predicted octanol–water partition coefficient (Wildman–Crippen LogP) is 3.92. The zero-order valence-corrected chi connectivity index (χ0v) is 18.4. The number of benzene rings is 1. The molecule has 2 aromatic rings. The first-order valence-electron chi connectivity index (χ1n) is 10.6. The SMILES string of the molecule is CCOc1cc2c(cc1OC)C(c1cccnc1OC)=N[C@@H]1CC[C@@H](OC(C)=O)C[C@H]21. The van der Waals surface area contributed by atoms with Gasteiger partial charge >= 0.3 is 5.97 Å². The summed E-state index contributed by atoms with van der Waals surface area (Å²) in [4.78, 5) is 21.1. The molecule has 1 aromatic carbocycles. The fourth-order valence-corrected chi connectivity index (χ4v) is 4.65. The average molecular weight is 424 g/mol. The lowest BCUT2D eigenvalue weighted by Gasteiger charge is -2.38. The third-order valence-electron chi connectivity index (χ3n) is 5.90. The maximum absolute atomic E-state index is 11.5. The van der Waals surface area contributed by atoms with Crippen molar-refractivity contribution in [3.63, 3.8) is 0 Å².